The zero-order chi connectivity index (χ0) is 21.3. The molecule has 2 heterocycles. The van der Waals surface area contributed by atoms with Gasteiger partial charge in [0.2, 0.25) is 0 Å². The molecular weight excluding hydrogens is 412 g/mol. The molecule has 2 atom stereocenters. The van der Waals surface area contributed by atoms with Crippen LogP contribution in [0.15, 0.2) is 40.4 Å². The molecule has 0 saturated heterocycles. The van der Waals surface area contributed by atoms with Gasteiger partial charge in [-0.2, -0.15) is 13.2 Å². The number of alkyl halides is 3. The van der Waals surface area contributed by atoms with Gasteiger partial charge in [0, 0.05) is 11.8 Å². The van der Waals surface area contributed by atoms with Crippen molar-refractivity contribution in [2.24, 2.45) is 9.98 Å². The number of nitrogens with zero attached hydrogens (tertiary/aromatic N) is 3. The molecule has 0 amide bonds. The Hall–Kier alpha value is -2.52. The molecule has 1 aliphatic rings. The maximum absolute atomic E-state index is 14.5. The minimum atomic E-state index is -4.71. The summed E-state index contributed by atoms with van der Waals surface area (Å²) in [6.07, 6.45) is -3.39. The van der Waals surface area contributed by atoms with Crippen LogP contribution in [-0.2, 0) is 6.18 Å². The second-order valence-corrected chi connectivity index (χ2v) is 6.88. The molecule has 1 aliphatic heterocycles. The lowest BCUT2D eigenvalue weighted by molar-refractivity contribution is -0.137. The second-order valence-electron chi connectivity index (χ2n) is 6.51. The normalized spacial score (nSPS) is 19.2. The summed E-state index contributed by atoms with van der Waals surface area (Å²) < 4.78 is 54.7. The summed E-state index contributed by atoms with van der Waals surface area (Å²) in [4.78, 5) is 12.7. The Labute approximate surface area is 169 Å². The Morgan fingerprint density at radius 1 is 1.31 bits per heavy atom. The molecule has 10 heteroatoms. The number of rotatable bonds is 3. The van der Waals surface area contributed by atoms with Crippen LogP contribution < -0.4 is 5.32 Å². The molecule has 0 aliphatic carbocycles. The van der Waals surface area contributed by atoms with Gasteiger partial charge in [-0.3, -0.25) is 15.0 Å². The number of hydrogen-bond acceptors (Lipinski definition) is 4. The van der Waals surface area contributed by atoms with Crippen molar-refractivity contribution in [1.29, 1.82) is 0 Å². The molecule has 0 spiro atoms. The third-order valence-electron chi connectivity index (χ3n) is 4.27. The molecule has 3 rings (SSSR count). The van der Waals surface area contributed by atoms with Crippen LogP contribution in [0.4, 0.5) is 23.2 Å². The topological polar surface area (TPSA) is 69.9 Å². The molecule has 2 unspecified atom stereocenters. The third-order valence-corrected chi connectivity index (χ3v) is 4.66. The number of pyridine rings is 1. The van der Waals surface area contributed by atoms with Crippen LogP contribution in [0, 0.1) is 5.82 Å². The average molecular weight is 429 g/mol. The number of benzodiazepines with no additional fused rings is 1. The number of amidine groups is 1. The molecule has 29 heavy (non-hydrogen) atoms. The molecule has 0 saturated carbocycles. The fourth-order valence-corrected chi connectivity index (χ4v) is 3.21. The lowest BCUT2D eigenvalue weighted by Crippen LogP contribution is -2.26. The van der Waals surface area contributed by atoms with Crippen molar-refractivity contribution < 1.29 is 22.7 Å². The van der Waals surface area contributed by atoms with E-state index in [4.69, 9.17) is 11.6 Å². The van der Waals surface area contributed by atoms with Crippen LogP contribution in [0.3, 0.4) is 0 Å². The maximum atomic E-state index is 14.5. The lowest BCUT2D eigenvalue weighted by atomic mass is 10.0. The highest BCUT2D eigenvalue weighted by Gasteiger charge is 2.37. The molecule has 0 radical (unpaired) electrons. The number of halogens is 5. The number of aliphatic hydroxyl groups is 1. The van der Waals surface area contributed by atoms with E-state index >= 15 is 0 Å². The van der Waals surface area contributed by atoms with Crippen LogP contribution in [-0.4, -0.2) is 40.3 Å². The minimum absolute atomic E-state index is 0.115. The van der Waals surface area contributed by atoms with E-state index in [-0.39, 0.29) is 29.3 Å². The number of benzene rings is 1. The van der Waals surface area contributed by atoms with Gasteiger partial charge >= 0.3 is 6.18 Å². The molecule has 154 valence electrons. The van der Waals surface area contributed by atoms with E-state index in [1.165, 1.54) is 18.3 Å². The molecule has 2 N–H and O–H groups in total. The van der Waals surface area contributed by atoms with Crippen LogP contribution in [0.1, 0.15) is 30.7 Å². The van der Waals surface area contributed by atoms with Crippen molar-refractivity contribution in [2.75, 3.05) is 11.9 Å². The summed E-state index contributed by atoms with van der Waals surface area (Å²) in [5, 5.41) is 11.6. The Bertz CT molecular complexity index is 991. The van der Waals surface area contributed by atoms with Crippen molar-refractivity contribution >= 4 is 28.8 Å². The molecule has 1 aromatic heterocycles. The van der Waals surface area contributed by atoms with Crippen LogP contribution in [0.5, 0.6) is 0 Å². The maximum Gasteiger partial charge on any atom is 0.417 e. The van der Waals surface area contributed by atoms with Crippen LogP contribution in [0.25, 0.3) is 0 Å². The summed E-state index contributed by atoms with van der Waals surface area (Å²) >= 11 is 6.14. The van der Waals surface area contributed by atoms with Gasteiger partial charge < -0.3 is 10.4 Å². The summed E-state index contributed by atoms with van der Waals surface area (Å²) in [7, 11) is 0. The van der Waals surface area contributed by atoms with Crippen molar-refractivity contribution in [3.05, 3.63) is 58.1 Å². The van der Waals surface area contributed by atoms with E-state index in [1.807, 2.05) is 0 Å². The van der Waals surface area contributed by atoms with Crippen LogP contribution in [0.2, 0.25) is 5.02 Å². The number of aliphatic imine (C=N–C) groups is 2. The Kier molecular flexibility index (Phi) is 5.90. The van der Waals surface area contributed by atoms with Crippen molar-refractivity contribution in [3.63, 3.8) is 0 Å². The van der Waals surface area contributed by atoms with Crippen LogP contribution >= 0.6 is 11.6 Å². The van der Waals surface area contributed by atoms with Gasteiger partial charge in [-0.05, 0) is 38.1 Å². The Morgan fingerprint density at radius 2 is 2.03 bits per heavy atom. The molecule has 2 aromatic rings. The summed E-state index contributed by atoms with van der Waals surface area (Å²) in [6, 6.07) is 3.37. The monoisotopic (exact) mass is 428 g/mol. The first-order valence-corrected chi connectivity index (χ1v) is 9.05. The van der Waals surface area contributed by atoms with E-state index in [9.17, 15) is 22.7 Å². The fraction of sp³-hybridized carbons (Fsp3) is 0.316. The number of fused-ring (bicyclic) bond motifs is 1. The summed E-state index contributed by atoms with van der Waals surface area (Å²) in [5.74, 6) is -0.447. The molecular formula is C19H17ClF4N4O. The minimum Gasteiger partial charge on any atom is -0.394 e. The quantitative estimate of drug-likeness (QED) is 0.715. The summed E-state index contributed by atoms with van der Waals surface area (Å²) in [5.41, 5.74) is -1.34. The van der Waals surface area contributed by atoms with Gasteiger partial charge in [-0.15, -0.1) is 0 Å². The van der Waals surface area contributed by atoms with Gasteiger partial charge in [-0.1, -0.05) is 11.6 Å². The third kappa shape index (κ3) is 4.25. The SMILES string of the molecule is CC(CO)N=C1Nc2ccc(C(F)(F)F)c(Cl)c2C(c2ncccc2F)=NC1C. The smallest absolute Gasteiger partial charge is 0.394 e. The van der Waals surface area contributed by atoms with Gasteiger partial charge in [0.1, 0.15) is 17.6 Å². The summed E-state index contributed by atoms with van der Waals surface area (Å²) in [6.45, 7) is 3.07. The fourth-order valence-electron chi connectivity index (χ4n) is 2.85. The van der Waals surface area contributed by atoms with Gasteiger partial charge in [-0.25, -0.2) is 4.39 Å². The largest absolute Gasteiger partial charge is 0.417 e. The molecule has 0 fully saturated rings. The van der Waals surface area contributed by atoms with Gasteiger partial charge in [0.25, 0.3) is 0 Å². The van der Waals surface area contributed by atoms with E-state index in [0.717, 1.165) is 12.1 Å². The molecule has 1 aromatic carbocycles. The van der Waals surface area contributed by atoms with Gasteiger partial charge in [0.15, 0.2) is 5.82 Å². The molecule has 5 nitrogen and oxygen atoms in total. The zero-order valence-electron chi connectivity index (χ0n) is 15.4. The highest BCUT2D eigenvalue weighted by atomic mass is 35.5. The Balaban J connectivity index is 2.31. The standard InChI is InChI=1S/C19H17ClF4N4O/c1-9(8-29)26-18-10(2)27-17(16-12(21)4-3-7-25-16)14-13(28-18)6-5-11(15(14)20)19(22,23)24/h3-7,9-10,29H,8H2,1-2H3,(H,26,28). The van der Waals surface area contributed by atoms with Crippen molar-refractivity contribution in [2.45, 2.75) is 32.1 Å². The first-order valence-electron chi connectivity index (χ1n) is 8.67. The second kappa shape index (κ2) is 8.08. The highest BCUT2D eigenvalue weighted by Crippen LogP contribution is 2.40. The number of hydrogen-bond donors (Lipinski definition) is 2. The average Bonchev–Trinajstić information content (AvgIpc) is 2.78. The lowest BCUT2D eigenvalue weighted by Gasteiger charge is -2.17. The van der Waals surface area contributed by atoms with Crippen molar-refractivity contribution in [3.8, 4) is 0 Å². The first kappa shape index (κ1) is 21.2. The van der Waals surface area contributed by atoms with E-state index in [2.05, 4.69) is 20.3 Å². The first-order chi connectivity index (χ1) is 13.6. The predicted molar refractivity (Wildman–Crippen MR) is 103 cm³/mol. The van der Waals surface area contributed by atoms with E-state index < -0.39 is 34.7 Å². The van der Waals surface area contributed by atoms with Gasteiger partial charge in [0.05, 0.1) is 34.6 Å². The number of nitrogens with one attached hydrogen (secondary N) is 1. The van der Waals surface area contributed by atoms with E-state index in [0.29, 0.717) is 5.84 Å². The highest BCUT2D eigenvalue weighted by molar-refractivity contribution is 6.38. The van der Waals surface area contributed by atoms with Crippen molar-refractivity contribution in [1.82, 2.24) is 4.98 Å². The predicted octanol–water partition coefficient (Wildman–Crippen LogP) is 4.32. The number of aliphatic hydroxyl groups excluding tert-OH is 1. The zero-order valence-corrected chi connectivity index (χ0v) is 16.2. The Morgan fingerprint density at radius 3 is 2.66 bits per heavy atom. The van der Waals surface area contributed by atoms with E-state index in [1.54, 1.807) is 13.8 Å². The molecule has 0 bridgehead atoms. The number of anilines is 1. The number of aromatic nitrogens is 1.